The third-order valence-corrected chi connectivity index (χ3v) is 6.28. The lowest BCUT2D eigenvalue weighted by Gasteiger charge is -2.26. The van der Waals surface area contributed by atoms with Crippen LogP contribution in [0.1, 0.15) is 40.1 Å². The maximum absolute atomic E-state index is 13.4. The van der Waals surface area contributed by atoms with E-state index in [-0.39, 0.29) is 12.0 Å². The van der Waals surface area contributed by atoms with Crippen LogP contribution in [0, 0.1) is 13.8 Å². The summed E-state index contributed by atoms with van der Waals surface area (Å²) in [5.41, 5.74) is 6.29. The minimum atomic E-state index is -0.129. The van der Waals surface area contributed by atoms with Gasteiger partial charge in [-0.05, 0) is 68.1 Å². The zero-order chi connectivity index (χ0) is 22.8. The Morgan fingerprint density at radius 3 is 2.73 bits per heavy atom. The number of hydrogen-bond acceptors (Lipinski definition) is 4. The number of carbonyl (C=O) groups excluding carboxylic acids is 1. The molecule has 1 amide bonds. The largest absolute Gasteiger partial charge is 0.459 e. The van der Waals surface area contributed by atoms with Gasteiger partial charge in [0.05, 0.1) is 23.6 Å². The lowest BCUT2D eigenvalue weighted by atomic mass is 9.98. The van der Waals surface area contributed by atoms with Crippen LogP contribution in [-0.2, 0) is 11.3 Å². The Balaban J connectivity index is 1.60. The van der Waals surface area contributed by atoms with E-state index in [0.717, 1.165) is 52.7 Å². The molecule has 5 heteroatoms. The molecule has 2 aromatic carbocycles. The number of fused-ring (bicyclic) bond motifs is 1. The van der Waals surface area contributed by atoms with Crippen molar-refractivity contribution in [3.05, 3.63) is 89.4 Å². The number of amides is 1. The Morgan fingerprint density at radius 2 is 1.97 bits per heavy atom. The average molecular weight is 441 g/mol. The van der Waals surface area contributed by atoms with Crippen LogP contribution in [0.2, 0.25) is 0 Å². The molecule has 0 saturated carbocycles. The first-order valence-corrected chi connectivity index (χ1v) is 11.5. The summed E-state index contributed by atoms with van der Waals surface area (Å²) in [6, 6.07) is 20.2. The van der Waals surface area contributed by atoms with Crippen LogP contribution in [0.3, 0.4) is 0 Å². The molecule has 1 saturated heterocycles. The Hall–Kier alpha value is -3.44. The molecule has 1 unspecified atom stereocenters. The first-order chi connectivity index (χ1) is 16.1. The van der Waals surface area contributed by atoms with Crippen molar-refractivity contribution in [2.45, 2.75) is 39.3 Å². The molecule has 0 spiro atoms. The smallest absolute Gasteiger partial charge is 0.289 e. The van der Waals surface area contributed by atoms with Gasteiger partial charge in [-0.2, -0.15) is 0 Å². The molecule has 5 rings (SSSR count). The fraction of sp³-hybridized carbons (Fsp3) is 0.286. The first kappa shape index (κ1) is 21.4. The van der Waals surface area contributed by atoms with Gasteiger partial charge in [-0.25, -0.2) is 4.98 Å². The van der Waals surface area contributed by atoms with E-state index >= 15 is 0 Å². The van der Waals surface area contributed by atoms with E-state index in [1.54, 1.807) is 12.1 Å². The van der Waals surface area contributed by atoms with Crippen LogP contribution in [-0.4, -0.2) is 35.0 Å². The summed E-state index contributed by atoms with van der Waals surface area (Å²) in [6.45, 7) is 5.88. The molecule has 1 aliphatic heterocycles. The Labute approximate surface area is 194 Å². The highest BCUT2D eigenvalue weighted by atomic mass is 16.5. The summed E-state index contributed by atoms with van der Waals surface area (Å²) in [5, 5.41) is 1.07. The van der Waals surface area contributed by atoms with Crippen LogP contribution in [0.4, 0.5) is 0 Å². The van der Waals surface area contributed by atoms with Crippen molar-refractivity contribution in [3.63, 3.8) is 0 Å². The van der Waals surface area contributed by atoms with E-state index in [2.05, 4.69) is 50.2 Å². The van der Waals surface area contributed by atoms with Crippen molar-refractivity contribution in [1.29, 1.82) is 0 Å². The van der Waals surface area contributed by atoms with Gasteiger partial charge in [-0.15, -0.1) is 0 Å². The molecule has 0 bridgehead atoms. The van der Waals surface area contributed by atoms with E-state index in [0.29, 0.717) is 18.8 Å². The van der Waals surface area contributed by atoms with E-state index < -0.39 is 0 Å². The van der Waals surface area contributed by atoms with Crippen LogP contribution in [0.25, 0.3) is 22.2 Å². The van der Waals surface area contributed by atoms with Gasteiger partial charge in [0.25, 0.3) is 5.91 Å². The minimum absolute atomic E-state index is 0.0430. The summed E-state index contributed by atoms with van der Waals surface area (Å²) in [7, 11) is 0. The molecule has 0 N–H and O–H groups in total. The number of rotatable bonds is 6. The molecule has 33 heavy (non-hydrogen) atoms. The summed E-state index contributed by atoms with van der Waals surface area (Å²) in [4.78, 5) is 20.3. The zero-order valence-electron chi connectivity index (χ0n) is 19.1. The van der Waals surface area contributed by atoms with Gasteiger partial charge in [-0.1, -0.05) is 35.9 Å². The second-order valence-electron chi connectivity index (χ2n) is 8.81. The predicted molar refractivity (Wildman–Crippen MR) is 129 cm³/mol. The topological polar surface area (TPSA) is 55.6 Å². The van der Waals surface area contributed by atoms with Crippen LogP contribution < -0.4 is 0 Å². The van der Waals surface area contributed by atoms with Crippen LogP contribution in [0.15, 0.2) is 71.3 Å². The highest BCUT2D eigenvalue weighted by Crippen LogP contribution is 2.30. The molecule has 0 radical (unpaired) electrons. The quantitative estimate of drug-likeness (QED) is 0.373. The number of aromatic nitrogens is 1. The Morgan fingerprint density at radius 1 is 1.09 bits per heavy atom. The lowest BCUT2D eigenvalue weighted by Crippen LogP contribution is -2.37. The zero-order valence-corrected chi connectivity index (χ0v) is 19.1. The maximum atomic E-state index is 13.4. The van der Waals surface area contributed by atoms with E-state index in [1.807, 2.05) is 17.0 Å². The summed E-state index contributed by atoms with van der Waals surface area (Å²) >= 11 is 0. The van der Waals surface area contributed by atoms with E-state index in [9.17, 15) is 4.79 Å². The molecule has 5 nitrogen and oxygen atoms in total. The van der Waals surface area contributed by atoms with Crippen molar-refractivity contribution >= 4 is 16.8 Å². The van der Waals surface area contributed by atoms with Crippen molar-refractivity contribution in [2.75, 3.05) is 13.2 Å². The third-order valence-electron chi connectivity index (χ3n) is 6.28. The molecule has 3 heterocycles. The number of hydrogen-bond donors (Lipinski definition) is 0. The van der Waals surface area contributed by atoms with Crippen molar-refractivity contribution in [1.82, 2.24) is 9.88 Å². The normalized spacial score (nSPS) is 15.8. The van der Waals surface area contributed by atoms with Gasteiger partial charge >= 0.3 is 0 Å². The number of aryl methyl sites for hydroxylation is 2. The predicted octanol–water partition coefficient (Wildman–Crippen LogP) is 5.93. The SMILES string of the molecule is Cc1ccc2nc(-c3ccccc3C)c(CN(CC3CCCO3)C(=O)c3ccco3)cc2c1. The average Bonchev–Trinajstić information content (AvgIpc) is 3.53. The highest BCUT2D eigenvalue weighted by molar-refractivity contribution is 5.92. The molecule has 1 fully saturated rings. The lowest BCUT2D eigenvalue weighted by molar-refractivity contribution is 0.0484. The number of pyridine rings is 1. The Kier molecular flexibility index (Phi) is 5.97. The second kappa shape index (κ2) is 9.20. The van der Waals surface area contributed by atoms with Gasteiger partial charge in [0.2, 0.25) is 0 Å². The fourth-order valence-corrected chi connectivity index (χ4v) is 4.55. The fourth-order valence-electron chi connectivity index (χ4n) is 4.55. The number of benzene rings is 2. The summed E-state index contributed by atoms with van der Waals surface area (Å²) in [5.74, 6) is 0.214. The number of nitrogens with zero attached hydrogens (tertiary/aromatic N) is 2. The number of carbonyl (C=O) groups is 1. The van der Waals surface area contributed by atoms with E-state index in [4.69, 9.17) is 14.1 Å². The second-order valence-corrected chi connectivity index (χ2v) is 8.81. The van der Waals surface area contributed by atoms with Gasteiger partial charge < -0.3 is 14.1 Å². The number of ether oxygens (including phenoxy) is 1. The number of furan rings is 1. The summed E-state index contributed by atoms with van der Waals surface area (Å²) in [6.07, 6.45) is 3.57. The summed E-state index contributed by atoms with van der Waals surface area (Å²) < 4.78 is 11.3. The molecule has 4 aromatic rings. The third kappa shape index (κ3) is 4.55. The maximum Gasteiger partial charge on any atom is 0.289 e. The van der Waals surface area contributed by atoms with Crippen molar-refractivity contribution in [3.8, 4) is 11.3 Å². The minimum Gasteiger partial charge on any atom is -0.459 e. The highest BCUT2D eigenvalue weighted by Gasteiger charge is 2.26. The van der Waals surface area contributed by atoms with Crippen LogP contribution >= 0.6 is 0 Å². The molecule has 1 aliphatic rings. The van der Waals surface area contributed by atoms with Gasteiger partial charge in [0.15, 0.2) is 5.76 Å². The monoisotopic (exact) mass is 440 g/mol. The molecule has 0 aliphatic carbocycles. The van der Waals surface area contributed by atoms with Gasteiger partial charge in [0, 0.05) is 30.6 Å². The first-order valence-electron chi connectivity index (χ1n) is 11.5. The Bertz CT molecular complexity index is 1270. The molecular formula is C28H28N2O3. The van der Waals surface area contributed by atoms with Gasteiger partial charge in [-0.3, -0.25) is 4.79 Å². The van der Waals surface area contributed by atoms with Crippen molar-refractivity contribution in [2.24, 2.45) is 0 Å². The van der Waals surface area contributed by atoms with Crippen molar-refractivity contribution < 1.29 is 13.9 Å². The molecule has 2 aromatic heterocycles. The molecular weight excluding hydrogens is 412 g/mol. The van der Waals surface area contributed by atoms with Gasteiger partial charge in [0.1, 0.15) is 0 Å². The van der Waals surface area contributed by atoms with Crippen LogP contribution in [0.5, 0.6) is 0 Å². The molecule has 168 valence electrons. The molecule has 1 atom stereocenters. The standard InChI is InChI=1S/C28H28N2O3/c1-19-11-12-25-21(15-19)16-22(27(29-25)24-9-4-3-7-20(24)2)17-30(18-23-8-5-13-32-23)28(31)26-10-6-14-33-26/h3-4,6-7,9-12,14-16,23H,5,8,13,17-18H2,1-2H3. The van der Waals surface area contributed by atoms with E-state index in [1.165, 1.54) is 11.8 Å².